The maximum absolute atomic E-state index is 14.0. The van der Waals surface area contributed by atoms with E-state index in [-0.39, 0.29) is 17.3 Å². The Kier molecular flexibility index (Phi) is 3.54. The predicted octanol–water partition coefficient (Wildman–Crippen LogP) is 3.17. The average molecular weight is 284 g/mol. The molecule has 2 N–H and O–H groups in total. The summed E-state index contributed by atoms with van der Waals surface area (Å²) >= 11 is 6.15. The van der Waals surface area contributed by atoms with Gasteiger partial charge in [0.05, 0.1) is 6.10 Å². The average Bonchev–Trinajstić information content (AvgIpc) is 3.15. The van der Waals surface area contributed by atoms with Crippen LogP contribution in [0.4, 0.5) is 4.39 Å². The van der Waals surface area contributed by atoms with Crippen LogP contribution in [-0.4, -0.2) is 19.3 Å². The fourth-order valence-electron chi connectivity index (χ4n) is 3.28. The lowest BCUT2D eigenvalue weighted by molar-refractivity contribution is 0.0342. The van der Waals surface area contributed by atoms with Crippen LogP contribution in [0.1, 0.15) is 24.8 Å². The first-order valence-electron chi connectivity index (χ1n) is 6.91. The van der Waals surface area contributed by atoms with E-state index in [9.17, 15) is 4.39 Å². The second kappa shape index (κ2) is 5.04. The number of halogens is 2. The van der Waals surface area contributed by atoms with Crippen LogP contribution in [0.2, 0.25) is 5.02 Å². The monoisotopic (exact) mass is 283 g/mol. The summed E-state index contributed by atoms with van der Waals surface area (Å²) in [5, 5.41) is 0.495. The summed E-state index contributed by atoms with van der Waals surface area (Å²) in [6, 6.07) is 4.85. The SMILES string of the molecule is NCC1(Cc2c(F)cccc2Cl)CCOC1C1CC1. The van der Waals surface area contributed by atoms with E-state index in [1.165, 1.54) is 18.9 Å². The van der Waals surface area contributed by atoms with Gasteiger partial charge in [-0.3, -0.25) is 0 Å². The van der Waals surface area contributed by atoms with Crippen molar-refractivity contribution in [3.8, 4) is 0 Å². The Labute approximate surface area is 118 Å². The van der Waals surface area contributed by atoms with Crippen molar-refractivity contribution in [2.24, 2.45) is 17.1 Å². The van der Waals surface area contributed by atoms with E-state index in [4.69, 9.17) is 22.1 Å². The zero-order valence-corrected chi connectivity index (χ0v) is 11.6. The number of benzene rings is 1. The van der Waals surface area contributed by atoms with Gasteiger partial charge in [0.15, 0.2) is 0 Å². The highest BCUT2D eigenvalue weighted by atomic mass is 35.5. The maximum Gasteiger partial charge on any atom is 0.127 e. The molecule has 1 aromatic rings. The second-order valence-electron chi connectivity index (χ2n) is 5.82. The summed E-state index contributed by atoms with van der Waals surface area (Å²) in [4.78, 5) is 0. The van der Waals surface area contributed by atoms with Crippen molar-refractivity contribution >= 4 is 11.6 Å². The normalized spacial score (nSPS) is 30.8. The fourth-order valence-corrected chi connectivity index (χ4v) is 3.51. The van der Waals surface area contributed by atoms with E-state index in [0.29, 0.717) is 29.5 Å². The van der Waals surface area contributed by atoms with Crippen LogP contribution in [0.3, 0.4) is 0 Å². The Bertz CT molecular complexity index is 457. The summed E-state index contributed by atoms with van der Waals surface area (Å²) in [7, 11) is 0. The van der Waals surface area contributed by atoms with Crippen molar-refractivity contribution in [3.63, 3.8) is 0 Å². The van der Waals surface area contributed by atoms with Crippen LogP contribution in [0.5, 0.6) is 0 Å². The Balaban J connectivity index is 1.90. The van der Waals surface area contributed by atoms with E-state index in [0.717, 1.165) is 13.0 Å². The number of rotatable bonds is 4. The lowest BCUT2D eigenvalue weighted by Crippen LogP contribution is -2.41. The van der Waals surface area contributed by atoms with E-state index in [2.05, 4.69) is 0 Å². The molecule has 1 saturated carbocycles. The van der Waals surface area contributed by atoms with Gasteiger partial charge in [-0.05, 0) is 43.7 Å². The molecule has 1 saturated heterocycles. The van der Waals surface area contributed by atoms with E-state index in [1.807, 2.05) is 0 Å². The van der Waals surface area contributed by atoms with Gasteiger partial charge in [-0.25, -0.2) is 4.39 Å². The molecule has 2 atom stereocenters. The molecule has 0 radical (unpaired) electrons. The third kappa shape index (κ3) is 2.39. The highest BCUT2D eigenvalue weighted by molar-refractivity contribution is 6.31. The van der Waals surface area contributed by atoms with Gasteiger partial charge in [-0.15, -0.1) is 0 Å². The summed E-state index contributed by atoms with van der Waals surface area (Å²) in [6.07, 6.45) is 4.06. The van der Waals surface area contributed by atoms with Gasteiger partial charge < -0.3 is 10.5 Å². The lowest BCUT2D eigenvalue weighted by Gasteiger charge is -2.33. The van der Waals surface area contributed by atoms with E-state index < -0.39 is 0 Å². The molecule has 1 heterocycles. The van der Waals surface area contributed by atoms with Crippen LogP contribution in [0, 0.1) is 17.2 Å². The smallest absolute Gasteiger partial charge is 0.127 e. The second-order valence-corrected chi connectivity index (χ2v) is 6.23. The minimum absolute atomic E-state index is 0.146. The van der Waals surface area contributed by atoms with Crippen molar-refractivity contribution in [1.29, 1.82) is 0 Å². The molecule has 2 fully saturated rings. The Hall–Kier alpha value is -0.640. The van der Waals surface area contributed by atoms with Crippen LogP contribution in [-0.2, 0) is 11.2 Å². The minimum Gasteiger partial charge on any atom is -0.377 e. The molecule has 1 aliphatic carbocycles. The van der Waals surface area contributed by atoms with E-state index in [1.54, 1.807) is 12.1 Å². The first-order chi connectivity index (χ1) is 9.16. The van der Waals surface area contributed by atoms with Crippen LogP contribution in [0.25, 0.3) is 0 Å². The quantitative estimate of drug-likeness (QED) is 0.921. The molecule has 104 valence electrons. The topological polar surface area (TPSA) is 35.2 Å². The Morgan fingerprint density at radius 2 is 2.21 bits per heavy atom. The Morgan fingerprint density at radius 3 is 2.84 bits per heavy atom. The zero-order chi connectivity index (χ0) is 13.5. The zero-order valence-electron chi connectivity index (χ0n) is 10.9. The first-order valence-corrected chi connectivity index (χ1v) is 7.29. The summed E-state index contributed by atoms with van der Waals surface area (Å²) < 4.78 is 19.9. The van der Waals surface area contributed by atoms with Gasteiger partial charge >= 0.3 is 0 Å². The molecule has 0 spiro atoms. The molecular weight excluding hydrogens is 265 g/mol. The van der Waals surface area contributed by atoms with E-state index >= 15 is 0 Å². The summed E-state index contributed by atoms with van der Waals surface area (Å²) in [5.41, 5.74) is 6.47. The number of hydrogen-bond acceptors (Lipinski definition) is 2. The number of ether oxygens (including phenoxy) is 1. The highest BCUT2D eigenvalue weighted by Gasteiger charge is 2.50. The van der Waals surface area contributed by atoms with Crippen molar-refractivity contribution in [2.45, 2.75) is 31.8 Å². The fraction of sp³-hybridized carbons (Fsp3) is 0.600. The predicted molar refractivity (Wildman–Crippen MR) is 73.7 cm³/mol. The summed E-state index contributed by atoms with van der Waals surface area (Å²) in [5.74, 6) is 0.373. The summed E-state index contributed by atoms with van der Waals surface area (Å²) in [6.45, 7) is 1.25. The molecule has 3 rings (SSSR count). The molecule has 19 heavy (non-hydrogen) atoms. The highest BCUT2D eigenvalue weighted by Crippen LogP contribution is 2.49. The minimum atomic E-state index is -0.234. The molecule has 0 amide bonds. The molecule has 0 bridgehead atoms. The van der Waals surface area contributed by atoms with Gasteiger partial charge in [-0.1, -0.05) is 17.7 Å². The van der Waals surface area contributed by atoms with Crippen LogP contribution < -0.4 is 5.73 Å². The standard InChI is InChI=1S/C15H19ClFNO/c16-12-2-1-3-13(17)11(12)8-15(9-18)6-7-19-14(15)10-4-5-10/h1-3,10,14H,4-9,18H2. The molecule has 4 heteroatoms. The van der Waals surface area contributed by atoms with Gasteiger partial charge in [0.25, 0.3) is 0 Å². The van der Waals surface area contributed by atoms with Gasteiger partial charge in [0.2, 0.25) is 0 Å². The third-order valence-corrected chi connectivity index (χ3v) is 4.90. The van der Waals surface area contributed by atoms with Gasteiger partial charge in [0, 0.05) is 29.2 Å². The lowest BCUT2D eigenvalue weighted by atomic mass is 9.74. The van der Waals surface area contributed by atoms with Crippen molar-refractivity contribution in [2.75, 3.05) is 13.2 Å². The molecular formula is C15H19ClFNO. The number of nitrogens with two attached hydrogens (primary N) is 1. The molecule has 0 aromatic heterocycles. The maximum atomic E-state index is 14.0. The Morgan fingerprint density at radius 1 is 1.42 bits per heavy atom. The van der Waals surface area contributed by atoms with Crippen molar-refractivity contribution in [1.82, 2.24) is 0 Å². The third-order valence-electron chi connectivity index (χ3n) is 4.55. The van der Waals surface area contributed by atoms with Gasteiger partial charge in [-0.2, -0.15) is 0 Å². The molecule has 2 nitrogen and oxygen atoms in total. The molecule has 2 unspecified atom stereocenters. The molecule has 1 aromatic carbocycles. The molecule has 1 aliphatic heterocycles. The van der Waals surface area contributed by atoms with Crippen LogP contribution in [0.15, 0.2) is 18.2 Å². The van der Waals surface area contributed by atoms with Gasteiger partial charge in [0.1, 0.15) is 5.82 Å². The van der Waals surface area contributed by atoms with Crippen molar-refractivity contribution in [3.05, 3.63) is 34.6 Å². The first kappa shape index (κ1) is 13.3. The van der Waals surface area contributed by atoms with Crippen molar-refractivity contribution < 1.29 is 9.13 Å². The van der Waals surface area contributed by atoms with Crippen LogP contribution >= 0.6 is 11.6 Å². The molecule has 2 aliphatic rings. The number of hydrogen-bond donors (Lipinski definition) is 1. The largest absolute Gasteiger partial charge is 0.377 e.